The second kappa shape index (κ2) is 41.9. The summed E-state index contributed by atoms with van der Waals surface area (Å²) in [6.45, 7) is 15.2. The van der Waals surface area contributed by atoms with Gasteiger partial charge in [0.25, 0.3) is 0 Å². The Labute approximate surface area is 279 Å². The van der Waals surface area contributed by atoms with Crippen LogP contribution < -0.4 is 0 Å². The van der Waals surface area contributed by atoms with E-state index in [1.54, 1.807) is 0 Å². The normalized spacial score (nSPS) is 11.7. The van der Waals surface area contributed by atoms with Crippen molar-refractivity contribution in [2.45, 2.75) is 0 Å². The van der Waals surface area contributed by atoms with Crippen LogP contribution in [-0.4, -0.2) is 203 Å². The van der Waals surface area contributed by atoms with Crippen molar-refractivity contribution in [2.24, 2.45) is 0 Å². The van der Waals surface area contributed by atoms with Crippen molar-refractivity contribution >= 4 is 15.9 Å². The van der Waals surface area contributed by atoms with Gasteiger partial charge in [-0.25, -0.2) is 0 Å². The summed E-state index contributed by atoms with van der Waals surface area (Å²) >= 11 is 3.30. The van der Waals surface area contributed by atoms with Gasteiger partial charge in [-0.1, -0.05) is 15.9 Å². The predicted octanol–water partition coefficient (Wildman–Crippen LogP) is 1.16. The third kappa shape index (κ3) is 43.9. The van der Waals surface area contributed by atoms with Crippen molar-refractivity contribution in [3.63, 3.8) is 0 Å². The molecule has 0 saturated carbocycles. The van der Waals surface area contributed by atoms with Crippen molar-refractivity contribution in [3.05, 3.63) is 0 Å². The van der Waals surface area contributed by atoms with Gasteiger partial charge in [-0.15, -0.1) is 0 Å². The van der Waals surface area contributed by atoms with E-state index in [0.717, 1.165) is 18.5 Å². The highest BCUT2D eigenvalue weighted by molar-refractivity contribution is 9.09. The van der Waals surface area contributed by atoms with Crippen molar-refractivity contribution in [1.82, 2.24) is 4.90 Å². The zero-order chi connectivity index (χ0) is 32.6. The van der Waals surface area contributed by atoms with E-state index in [4.69, 9.17) is 61.6 Å². The average molecular weight is 725 g/mol. The number of nitrogens with zero attached hydrogens (tertiary/aromatic N) is 1. The summed E-state index contributed by atoms with van der Waals surface area (Å²) in [7, 11) is 4.04. The molecule has 272 valence electrons. The van der Waals surface area contributed by atoms with Gasteiger partial charge in [-0.05, 0) is 14.1 Å². The molecule has 0 fully saturated rings. The van der Waals surface area contributed by atoms with Crippen molar-refractivity contribution in [3.8, 4) is 0 Å². The lowest BCUT2D eigenvalue weighted by atomic mass is 10.6. The van der Waals surface area contributed by atoms with Crippen LogP contribution in [-0.2, 0) is 61.6 Å². The summed E-state index contributed by atoms with van der Waals surface area (Å²) in [6.07, 6.45) is 0. The lowest BCUT2D eigenvalue weighted by Crippen LogP contribution is -2.19. The van der Waals surface area contributed by atoms with Gasteiger partial charge >= 0.3 is 0 Å². The smallest absolute Gasteiger partial charge is 0.0701 e. The highest BCUT2D eigenvalue weighted by Gasteiger charge is 1.97. The van der Waals surface area contributed by atoms with E-state index >= 15 is 0 Å². The van der Waals surface area contributed by atoms with Gasteiger partial charge in [0.15, 0.2) is 0 Å². The summed E-state index contributed by atoms with van der Waals surface area (Å²) in [6, 6.07) is 0. The summed E-state index contributed by atoms with van der Waals surface area (Å²) < 4.78 is 70.8. The molecule has 0 aromatic carbocycles. The molecule has 0 aromatic heterocycles. The average Bonchev–Trinajstić information content (AvgIpc) is 3.03. The molecule has 0 bridgehead atoms. The largest absolute Gasteiger partial charge is 0.378 e. The number of rotatable bonds is 41. The second-order valence-electron chi connectivity index (χ2n) is 9.45. The molecule has 0 rings (SSSR count). The summed E-state index contributed by atoms with van der Waals surface area (Å²) in [5, 5.41) is 0.838. The molecule has 0 radical (unpaired) electrons. The fourth-order valence-electron chi connectivity index (χ4n) is 3.04. The van der Waals surface area contributed by atoms with E-state index < -0.39 is 0 Å². The van der Waals surface area contributed by atoms with Crippen molar-refractivity contribution < 1.29 is 61.6 Å². The van der Waals surface area contributed by atoms with E-state index in [2.05, 4.69) is 20.8 Å². The van der Waals surface area contributed by atoms with Crippen LogP contribution in [0.5, 0.6) is 0 Å². The van der Waals surface area contributed by atoms with Gasteiger partial charge in [0.2, 0.25) is 0 Å². The molecule has 0 heterocycles. The Balaban J connectivity index is 3.04. The molecule has 0 aliphatic rings. The number of alkyl halides is 1. The first-order valence-corrected chi connectivity index (χ1v) is 17.1. The molecule has 0 atom stereocenters. The minimum atomic E-state index is 0.513. The minimum absolute atomic E-state index is 0.513. The third-order valence-corrected chi connectivity index (χ3v) is 5.69. The molecule has 0 N–H and O–H groups in total. The zero-order valence-electron chi connectivity index (χ0n) is 27.9. The molecule has 45 heavy (non-hydrogen) atoms. The first-order valence-electron chi connectivity index (χ1n) is 16.0. The maximum Gasteiger partial charge on any atom is 0.0701 e. The quantitative estimate of drug-likeness (QED) is 0.0662. The molecule has 0 aromatic rings. The van der Waals surface area contributed by atoms with Crippen molar-refractivity contribution in [1.29, 1.82) is 0 Å². The van der Waals surface area contributed by atoms with Crippen molar-refractivity contribution in [2.75, 3.05) is 198 Å². The molecule has 0 amide bonds. The zero-order valence-corrected chi connectivity index (χ0v) is 29.5. The monoisotopic (exact) mass is 723 g/mol. The lowest BCUT2D eigenvalue weighted by Gasteiger charge is -2.10. The molecule has 14 nitrogen and oxygen atoms in total. The molecular weight excluding hydrogens is 662 g/mol. The number of hydrogen-bond acceptors (Lipinski definition) is 14. The Kier molecular flexibility index (Phi) is 41.9. The minimum Gasteiger partial charge on any atom is -0.378 e. The Bertz CT molecular complexity index is 530. The van der Waals surface area contributed by atoms with Gasteiger partial charge in [-0.3, -0.25) is 0 Å². The van der Waals surface area contributed by atoms with E-state index in [0.29, 0.717) is 165 Å². The topological polar surface area (TPSA) is 123 Å². The maximum absolute atomic E-state index is 5.48. The molecule has 0 spiro atoms. The maximum atomic E-state index is 5.48. The first-order chi connectivity index (χ1) is 22.3. The Morgan fingerprint density at radius 1 is 0.267 bits per heavy atom. The van der Waals surface area contributed by atoms with Crippen LogP contribution in [0.15, 0.2) is 0 Å². The number of likely N-dealkylation sites (N-methyl/N-ethyl adjacent to an activating group) is 1. The highest BCUT2D eigenvalue weighted by Crippen LogP contribution is 1.88. The SMILES string of the molecule is CN(C)CCOCCOCCOCCOCCOCCOCCOCCOCCOCCOCCOCCOCCOCCBr. The van der Waals surface area contributed by atoms with Gasteiger partial charge in [0, 0.05) is 11.9 Å². The van der Waals surface area contributed by atoms with Crippen LogP contribution in [0.2, 0.25) is 0 Å². The molecular formula is C30H62BrNO13. The van der Waals surface area contributed by atoms with Gasteiger partial charge in [-0.2, -0.15) is 0 Å². The molecule has 15 heteroatoms. The molecule has 0 unspecified atom stereocenters. The summed E-state index contributed by atoms with van der Waals surface area (Å²) in [5.41, 5.74) is 0. The van der Waals surface area contributed by atoms with Crippen LogP contribution in [0.4, 0.5) is 0 Å². The Hall–Kier alpha value is -0.0800. The van der Waals surface area contributed by atoms with Crippen LogP contribution in [0, 0.1) is 0 Å². The number of hydrogen-bond donors (Lipinski definition) is 0. The van der Waals surface area contributed by atoms with Gasteiger partial charge in [0.1, 0.15) is 0 Å². The summed E-state index contributed by atoms with van der Waals surface area (Å²) in [5.74, 6) is 0. The van der Waals surface area contributed by atoms with Crippen LogP contribution in [0.3, 0.4) is 0 Å². The second-order valence-corrected chi connectivity index (χ2v) is 10.2. The number of ether oxygens (including phenoxy) is 13. The molecule has 0 saturated heterocycles. The summed E-state index contributed by atoms with van der Waals surface area (Å²) in [4.78, 5) is 2.08. The Morgan fingerprint density at radius 2 is 0.422 bits per heavy atom. The molecule has 0 aliphatic heterocycles. The fourth-order valence-corrected chi connectivity index (χ4v) is 3.27. The van der Waals surface area contributed by atoms with E-state index in [9.17, 15) is 0 Å². The first kappa shape index (κ1) is 44.9. The van der Waals surface area contributed by atoms with Gasteiger partial charge in [0.05, 0.1) is 172 Å². The Morgan fingerprint density at radius 3 is 0.578 bits per heavy atom. The van der Waals surface area contributed by atoms with E-state index in [-0.39, 0.29) is 0 Å². The van der Waals surface area contributed by atoms with E-state index in [1.165, 1.54) is 0 Å². The van der Waals surface area contributed by atoms with Crippen LogP contribution in [0.1, 0.15) is 0 Å². The third-order valence-electron chi connectivity index (χ3n) is 5.37. The van der Waals surface area contributed by atoms with Crippen LogP contribution in [0.25, 0.3) is 0 Å². The van der Waals surface area contributed by atoms with Crippen LogP contribution >= 0.6 is 15.9 Å². The van der Waals surface area contributed by atoms with E-state index in [1.807, 2.05) is 14.1 Å². The predicted molar refractivity (Wildman–Crippen MR) is 173 cm³/mol. The highest BCUT2D eigenvalue weighted by atomic mass is 79.9. The standard InChI is InChI=1S/C30H62BrNO13/c1-32(2)4-6-34-8-10-36-12-14-38-16-18-40-20-22-42-24-26-44-28-30-45-29-27-43-25-23-41-21-19-39-17-15-37-13-11-35-9-7-33-5-3-31/h3-30H2,1-2H3. The lowest BCUT2D eigenvalue weighted by molar-refractivity contribution is -0.0290. The van der Waals surface area contributed by atoms with Gasteiger partial charge < -0.3 is 66.5 Å². The molecule has 0 aliphatic carbocycles. The number of halogens is 1. The fraction of sp³-hybridized carbons (Fsp3) is 1.00.